The Morgan fingerprint density at radius 3 is 2.63 bits per heavy atom. The van der Waals surface area contributed by atoms with Gasteiger partial charge in [0.1, 0.15) is 5.75 Å². The molecule has 1 heterocycles. The predicted molar refractivity (Wildman–Crippen MR) is 67.2 cm³/mol. The van der Waals surface area contributed by atoms with Gasteiger partial charge in [0.2, 0.25) is 0 Å². The minimum absolute atomic E-state index is 0.203. The van der Waals surface area contributed by atoms with E-state index in [2.05, 4.69) is 0 Å². The number of aliphatic carboxylic acids is 1. The Balaban J connectivity index is 2.47. The van der Waals surface area contributed by atoms with Crippen molar-refractivity contribution in [3.8, 4) is 5.75 Å². The molecule has 1 aromatic carbocycles. The highest BCUT2D eigenvalue weighted by atomic mass is 16.5. The molecule has 0 aromatic heterocycles. The average Bonchev–Trinajstić information content (AvgIpc) is 2.34. The monoisotopic (exact) mass is 265 g/mol. The molecule has 1 aliphatic heterocycles. The van der Waals surface area contributed by atoms with Crippen LogP contribution in [-0.2, 0) is 9.59 Å². The van der Waals surface area contributed by atoms with Crippen LogP contribution in [0.25, 0.3) is 0 Å². The zero-order chi connectivity index (χ0) is 14.4. The molecule has 1 unspecified atom stereocenters. The number of nitrogens with zero attached hydrogens (tertiary/aromatic N) is 1. The summed E-state index contributed by atoms with van der Waals surface area (Å²) in [5.74, 6) is -1.10. The first-order valence-corrected chi connectivity index (χ1v) is 5.76. The lowest BCUT2D eigenvalue weighted by atomic mass is 10.0. The molecule has 0 saturated carbocycles. The Morgan fingerprint density at radius 2 is 2.05 bits per heavy atom. The molecule has 2 N–H and O–H groups in total. The molecular formula is C13H15NO5. The van der Waals surface area contributed by atoms with E-state index in [1.807, 2.05) is 0 Å². The molecule has 0 aliphatic carbocycles. The molecule has 102 valence electrons. The van der Waals surface area contributed by atoms with Crippen molar-refractivity contribution >= 4 is 17.6 Å². The Hall–Kier alpha value is -2.08. The molecule has 1 aromatic rings. The largest absolute Gasteiger partial charge is 0.479 e. The SMILES string of the molecule is CN1C(=O)C(C)(C)Oc2ccc(C(O)C(=O)O)cc21. The van der Waals surface area contributed by atoms with E-state index < -0.39 is 17.7 Å². The van der Waals surface area contributed by atoms with Crippen LogP contribution in [0.15, 0.2) is 18.2 Å². The van der Waals surface area contributed by atoms with Crippen LogP contribution in [0.3, 0.4) is 0 Å². The molecule has 2 rings (SSSR count). The first-order chi connectivity index (χ1) is 8.74. The number of ether oxygens (including phenoxy) is 1. The molecule has 0 radical (unpaired) electrons. The summed E-state index contributed by atoms with van der Waals surface area (Å²) in [5.41, 5.74) is -0.314. The van der Waals surface area contributed by atoms with E-state index in [-0.39, 0.29) is 11.5 Å². The highest BCUT2D eigenvalue weighted by molar-refractivity contribution is 6.02. The van der Waals surface area contributed by atoms with Gasteiger partial charge in [-0.2, -0.15) is 0 Å². The van der Waals surface area contributed by atoms with Gasteiger partial charge >= 0.3 is 5.97 Å². The topological polar surface area (TPSA) is 87.1 Å². The van der Waals surface area contributed by atoms with Crippen LogP contribution >= 0.6 is 0 Å². The third kappa shape index (κ3) is 2.15. The van der Waals surface area contributed by atoms with Crippen LogP contribution < -0.4 is 9.64 Å². The van der Waals surface area contributed by atoms with Gasteiger partial charge in [-0.05, 0) is 31.5 Å². The lowest BCUT2D eigenvalue weighted by Crippen LogP contribution is -2.50. The maximum Gasteiger partial charge on any atom is 0.337 e. The lowest BCUT2D eigenvalue weighted by Gasteiger charge is -2.37. The summed E-state index contributed by atoms with van der Waals surface area (Å²) in [5, 5.41) is 18.3. The normalized spacial score (nSPS) is 18.5. The molecule has 0 bridgehead atoms. The number of fused-ring (bicyclic) bond motifs is 1. The van der Waals surface area contributed by atoms with E-state index in [0.717, 1.165) is 0 Å². The molecule has 0 saturated heterocycles. The van der Waals surface area contributed by atoms with Crippen molar-refractivity contribution in [2.24, 2.45) is 0 Å². The van der Waals surface area contributed by atoms with Gasteiger partial charge in [0.25, 0.3) is 5.91 Å². The fourth-order valence-electron chi connectivity index (χ4n) is 2.03. The highest BCUT2D eigenvalue weighted by Gasteiger charge is 2.39. The second-order valence-electron chi connectivity index (χ2n) is 4.94. The lowest BCUT2D eigenvalue weighted by molar-refractivity contribution is -0.146. The van der Waals surface area contributed by atoms with Crippen molar-refractivity contribution in [1.82, 2.24) is 0 Å². The second kappa shape index (κ2) is 4.24. The van der Waals surface area contributed by atoms with Gasteiger partial charge < -0.3 is 19.8 Å². The van der Waals surface area contributed by atoms with Crippen molar-refractivity contribution in [1.29, 1.82) is 0 Å². The standard InChI is InChI=1S/C13H15NO5/c1-13(2)12(18)14(3)8-6-7(10(15)11(16)17)4-5-9(8)19-13/h4-6,10,15H,1-3H3,(H,16,17). The number of hydrogen-bond donors (Lipinski definition) is 2. The molecule has 1 aliphatic rings. The van der Waals surface area contributed by atoms with E-state index in [1.165, 1.54) is 17.0 Å². The summed E-state index contributed by atoms with van der Waals surface area (Å²) in [6.45, 7) is 3.32. The molecule has 0 spiro atoms. The summed E-state index contributed by atoms with van der Waals surface area (Å²) in [6, 6.07) is 4.47. The summed E-state index contributed by atoms with van der Waals surface area (Å²) in [4.78, 5) is 24.2. The minimum atomic E-state index is -1.62. The maximum atomic E-state index is 12.0. The molecular weight excluding hydrogens is 250 g/mol. The number of carboxylic acids is 1. The molecule has 19 heavy (non-hydrogen) atoms. The van der Waals surface area contributed by atoms with Crippen molar-refractivity contribution in [3.05, 3.63) is 23.8 Å². The van der Waals surface area contributed by atoms with E-state index in [1.54, 1.807) is 27.0 Å². The average molecular weight is 265 g/mol. The maximum absolute atomic E-state index is 12.0. The number of carbonyl (C=O) groups excluding carboxylic acids is 1. The first-order valence-electron chi connectivity index (χ1n) is 5.76. The van der Waals surface area contributed by atoms with Crippen LogP contribution in [0, 0.1) is 0 Å². The second-order valence-corrected chi connectivity index (χ2v) is 4.94. The van der Waals surface area contributed by atoms with Gasteiger partial charge in [-0.1, -0.05) is 6.07 Å². The van der Waals surface area contributed by atoms with E-state index >= 15 is 0 Å². The number of anilines is 1. The zero-order valence-electron chi connectivity index (χ0n) is 10.9. The van der Waals surface area contributed by atoms with Gasteiger partial charge in [0, 0.05) is 7.05 Å². The van der Waals surface area contributed by atoms with Gasteiger partial charge in [-0.25, -0.2) is 4.79 Å². The highest BCUT2D eigenvalue weighted by Crippen LogP contribution is 2.38. The van der Waals surface area contributed by atoms with Crippen molar-refractivity contribution in [2.75, 3.05) is 11.9 Å². The number of aliphatic hydroxyl groups is 1. The van der Waals surface area contributed by atoms with Crippen LogP contribution in [-0.4, -0.2) is 34.7 Å². The van der Waals surface area contributed by atoms with Crippen molar-refractivity contribution in [3.63, 3.8) is 0 Å². The third-order valence-corrected chi connectivity index (χ3v) is 3.08. The molecule has 6 nitrogen and oxygen atoms in total. The number of hydrogen-bond acceptors (Lipinski definition) is 4. The predicted octanol–water partition coefficient (Wildman–Crippen LogP) is 0.938. The van der Waals surface area contributed by atoms with E-state index in [9.17, 15) is 14.7 Å². The molecule has 1 atom stereocenters. The fraction of sp³-hybridized carbons (Fsp3) is 0.385. The number of benzene rings is 1. The zero-order valence-corrected chi connectivity index (χ0v) is 10.9. The summed E-state index contributed by atoms with van der Waals surface area (Å²) in [6.07, 6.45) is -1.62. The van der Waals surface area contributed by atoms with Crippen molar-refractivity contribution in [2.45, 2.75) is 25.6 Å². The number of rotatable bonds is 2. The molecule has 1 amide bonds. The fourth-order valence-corrected chi connectivity index (χ4v) is 2.03. The number of carbonyl (C=O) groups is 2. The summed E-state index contributed by atoms with van der Waals surface area (Å²) >= 11 is 0. The van der Waals surface area contributed by atoms with Gasteiger partial charge in [0.15, 0.2) is 11.7 Å². The van der Waals surface area contributed by atoms with Crippen LogP contribution in [0.1, 0.15) is 25.5 Å². The van der Waals surface area contributed by atoms with Gasteiger partial charge in [0.05, 0.1) is 5.69 Å². The number of carboxylic acid groups (broad SMARTS) is 1. The van der Waals surface area contributed by atoms with Gasteiger partial charge in [-0.3, -0.25) is 4.79 Å². The Labute approximate surface area is 110 Å². The summed E-state index contributed by atoms with van der Waals surface area (Å²) in [7, 11) is 1.59. The smallest absolute Gasteiger partial charge is 0.337 e. The summed E-state index contributed by atoms with van der Waals surface area (Å²) < 4.78 is 5.58. The van der Waals surface area contributed by atoms with Crippen molar-refractivity contribution < 1.29 is 24.5 Å². The van der Waals surface area contributed by atoms with Crippen LogP contribution in [0.5, 0.6) is 5.75 Å². The Kier molecular flexibility index (Phi) is 2.98. The Bertz CT molecular complexity index is 552. The Morgan fingerprint density at radius 1 is 1.42 bits per heavy atom. The quantitative estimate of drug-likeness (QED) is 0.831. The van der Waals surface area contributed by atoms with E-state index in [4.69, 9.17) is 9.84 Å². The molecule has 6 heteroatoms. The van der Waals surface area contributed by atoms with Crippen LogP contribution in [0.4, 0.5) is 5.69 Å². The van der Waals surface area contributed by atoms with Crippen LogP contribution in [0.2, 0.25) is 0 Å². The number of amides is 1. The first kappa shape index (κ1) is 13.4. The minimum Gasteiger partial charge on any atom is -0.479 e. The number of likely N-dealkylation sites (N-methyl/N-ethyl adjacent to an activating group) is 1. The molecule has 0 fully saturated rings. The van der Waals surface area contributed by atoms with E-state index in [0.29, 0.717) is 11.4 Å². The number of aliphatic hydroxyl groups excluding tert-OH is 1. The van der Waals surface area contributed by atoms with Gasteiger partial charge in [-0.15, -0.1) is 0 Å². The third-order valence-electron chi connectivity index (χ3n) is 3.08.